The molecule has 0 saturated heterocycles. The average molecular weight is 1830 g/mol. The van der Waals surface area contributed by atoms with Gasteiger partial charge in [-0.1, -0.05) is 241 Å². The van der Waals surface area contributed by atoms with Gasteiger partial charge in [0, 0.05) is 168 Å². The van der Waals surface area contributed by atoms with Crippen LogP contribution in [0.5, 0.6) is 0 Å². The van der Waals surface area contributed by atoms with Gasteiger partial charge < -0.3 is 24.5 Å². The number of benzene rings is 12. The maximum atomic E-state index is 12.7. The van der Waals surface area contributed by atoms with Crippen LogP contribution in [0.2, 0.25) is 0 Å². The summed E-state index contributed by atoms with van der Waals surface area (Å²) in [5.41, 5.74) is 32.1. The molecule has 0 N–H and O–H groups in total. The number of hydrogen-bond acceptors (Lipinski definition) is 11. The number of anilines is 5. The molecule has 0 saturated carbocycles. The lowest BCUT2D eigenvalue weighted by atomic mass is 9.91. The van der Waals surface area contributed by atoms with E-state index in [0.717, 1.165) is 134 Å². The van der Waals surface area contributed by atoms with Crippen molar-refractivity contribution in [2.45, 2.75) is 233 Å². The van der Waals surface area contributed by atoms with E-state index in [1.165, 1.54) is 67.0 Å². The summed E-state index contributed by atoms with van der Waals surface area (Å²) < 4.78 is 0. The molecule has 12 aromatic carbocycles. The van der Waals surface area contributed by atoms with Crippen LogP contribution in [0.25, 0.3) is 5.57 Å². The molecule has 0 aromatic heterocycles. The van der Waals surface area contributed by atoms with E-state index >= 15 is 0 Å². The van der Waals surface area contributed by atoms with Gasteiger partial charge in [-0.15, -0.1) is 0 Å². The number of hydrogen-bond donors (Lipinski definition) is 0. The van der Waals surface area contributed by atoms with E-state index in [1.54, 1.807) is 0 Å². The van der Waals surface area contributed by atoms with Gasteiger partial charge in [-0.05, 0) is 328 Å². The average Bonchev–Trinajstić information content (AvgIpc) is 0.867. The van der Waals surface area contributed by atoms with Gasteiger partial charge in [-0.25, -0.2) is 0 Å². The Balaban J connectivity index is 0.000000222. The number of carbonyl (C=O) groups excluding carboxylic acids is 6. The van der Waals surface area contributed by atoms with Crippen molar-refractivity contribution in [3.8, 4) is 0 Å². The lowest BCUT2D eigenvalue weighted by Crippen LogP contribution is -2.21. The Morgan fingerprint density at radius 2 is 0.463 bits per heavy atom. The molecule has 0 atom stereocenters. The highest BCUT2D eigenvalue weighted by Crippen LogP contribution is 2.31. The fraction of sp³-hybridized carbons (Fsp3) is 0.360. The van der Waals surface area contributed by atoms with Crippen LogP contribution < -0.4 is 24.5 Å². The Kier molecular flexibility index (Phi) is 44.5. The molecule has 718 valence electrons. The molecular formula is C125H157N5O6. The fourth-order valence-electron chi connectivity index (χ4n) is 16.8. The molecule has 136 heavy (non-hydrogen) atoms. The molecule has 0 aliphatic carbocycles. The van der Waals surface area contributed by atoms with Crippen molar-refractivity contribution < 1.29 is 28.8 Å². The van der Waals surface area contributed by atoms with Crippen LogP contribution >= 0.6 is 0 Å². The zero-order valence-electron chi connectivity index (χ0n) is 87.2. The lowest BCUT2D eigenvalue weighted by Gasteiger charge is -2.21. The van der Waals surface area contributed by atoms with Crippen molar-refractivity contribution >= 4 is 68.7 Å². The summed E-state index contributed by atoms with van der Waals surface area (Å²) in [5, 5.41) is 0. The molecule has 12 aromatic rings. The highest BCUT2D eigenvalue weighted by Gasteiger charge is 2.20. The van der Waals surface area contributed by atoms with E-state index in [9.17, 15) is 28.8 Å². The molecule has 0 amide bonds. The number of allylic oxidation sites excluding steroid dienone is 1. The summed E-state index contributed by atoms with van der Waals surface area (Å²) in [6.45, 7) is 59.2. The van der Waals surface area contributed by atoms with Crippen molar-refractivity contribution in [3.63, 3.8) is 0 Å². The van der Waals surface area contributed by atoms with Crippen LogP contribution in [0, 0.1) is 27.7 Å². The zero-order valence-corrected chi connectivity index (χ0v) is 87.2. The van der Waals surface area contributed by atoms with E-state index in [4.69, 9.17) is 0 Å². The first kappa shape index (κ1) is 110. The molecule has 11 nitrogen and oxygen atoms in total. The van der Waals surface area contributed by atoms with Gasteiger partial charge in [-0.3, -0.25) is 28.8 Å². The predicted octanol–water partition coefficient (Wildman–Crippen LogP) is 30.3. The molecule has 0 bridgehead atoms. The number of ketones is 6. The third-order valence-corrected chi connectivity index (χ3v) is 26.1. The Morgan fingerprint density at radius 1 is 0.250 bits per heavy atom. The molecule has 12 rings (SSSR count). The minimum Gasteiger partial charge on any atom is -0.378 e. The van der Waals surface area contributed by atoms with Crippen molar-refractivity contribution in [1.29, 1.82) is 0 Å². The molecule has 0 spiro atoms. The number of nitrogens with zero attached hydrogens (tertiary/aromatic N) is 5. The first-order chi connectivity index (χ1) is 64.8. The van der Waals surface area contributed by atoms with Crippen LogP contribution in [-0.2, 0) is 38.5 Å². The number of carbonyl (C=O) groups is 6. The second-order valence-electron chi connectivity index (χ2n) is 37.9. The third-order valence-electron chi connectivity index (χ3n) is 26.1. The summed E-state index contributed by atoms with van der Waals surface area (Å²) >= 11 is 0. The summed E-state index contributed by atoms with van der Waals surface area (Å²) in [5.74, 6) is 3.94. The van der Waals surface area contributed by atoms with Gasteiger partial charge in [0.15, 0.2) is 34.7 Å². The normalized spacial score (nSPS) is 10.8. The van der Waals surface area contributed by atoms with E-state index in [-0.39, 0.29) is 34.7 Å². The Morgan fingerprint density at radius 3 is 0.676 bits per heavy atom. The Hall–Kier alpha value is -12.6. The summed E-state index contributed by atoms with van der Waals surface area (Å²) in [6, 6.07) is 89.1. The van der Waals surface area contributed by atoms with E-state index in [0.29, 0.717) is 74.0 Å². The summed E-state index contributed by atoms with van der Waals surface area (Å²) in [4.78, 5) is 86.1. The SMILES string of the molecule is C=C(C)c1ccc(C(=O)Cc2cccc(C(C)C)c2C)cc1.CCN(C)c1ccc(C(=O)Cc2cccc(C(C)C)c2)cc1.CCN(C)c1ccc(C(=O)Cc2cccc(C(C)C)c2C)cc1.CCN(CC)c1ccc(C(=O)Cc2cccc(C(C)C)c2)cc1.CCN(CC)c1ccc(C(=O)Cc2cccc(C(C)C)c2C)cc1.Cc1c(CC(=O)c2ccc(N(C)C)cc2)cccc1C(C)C. The lowest BCUT2D eigenvalue weighted by molar-refractivity contribution is 0.0984. The topological polar surface area (TPSA) is 119 Å². The van der Waals surface area contributed by atoms with Crippen LogP contribution in [0.15, 0.2) is 273 Å². The minimum absolute atomic E-state index is 0.164. The largest absolute Gasteiger partial charge is 0.378 e. The maximum absolute atomic E-state index is 12.7. The number of rotatable bonds is 36. The first-order valence-corrected chi connectivity index (χ1v) is 49.3. The highest BCUT2D eigenvalue weighted by molar-refractivity contribution is 6.01. The molecule has 0 aliphatic rings. The molecule has 0 fully saturated rings. The molecule has 0 heterocycles. The van der Waals surface area contributed by atoms with Crippen molar-refractivity contribution in [2.75, 3.05) is 92.0 Å². The van der Waals surface area contributed by atoms with Crippen LogP contribution in [0.1, 0.15) is 324 Å². The van der Waals surface area contributed by atoms with Gasteiger partial charge in [0.25, 0.3) is 0 Å². The molecule has 0 radical (unpaired) electrons. The first-order valence-electron chi connectivity index (χ1n) is 49.3. The minimum atomic E-state index is 0.164. The van der Waals surface area contributed by atoms with Crippen LogP contribution in [-0.4, -0.2) is 102 Å². The number of Topliss-reactive ketones (excluding diaryl/α,β-unsaturated/α-hetero) is 6. The smallest absolute Gasteiger partial charge is 0.167 e. The molecule has 0 unspecified atom stereocenters. The molecular weight excluding hydrogens is 1670 g/mol. The van der Waals surface area contributed by atoms with Gasteiger partial charge in [0.1, 0.15) is 0 Å². The van der Waals surface area contributed by atoms with E-state index in [2.05, 4.69) is 295 Å². The van der Waals surface area contributed by atoms with Crippen molar-refractivity contribution in [2.24, 2.45) is 0 Å². The quantitative estimate of drug-likeness (QED) is 0.0349. The maximum Gasteiger partial charge on any atom is 0.167 e. The van der Waals surface area contributed by atoms with Crippen molar-refractivity contribution in [1.82, 2.24) is 0 Å². The van der Waals surface area contributed by atoms with Crippen molar-refractivity contribution in [3.05, 3.63) is 401 Å². The predicted molar refractivity (Wildman–Crippen MR) is 583 cm³/mol. The second-order valence-corrected chi connectivity index (χ2v) is 37.9. The summed E-state index contributed by atoms with van der Waals surface area (Å²) in [7, 11) is 8.10. The monoisotopic (exact) mass is 1820 g/mol. The second kappa shape index (κ2) is 54.8. The van der Waals surface area contributed by atoms with Gasteiger partial charge in [0.2, 0.25) is 0 Å². The van der Waals surface area contributed by atoms with E-state index < -0.39 is 0 Å². The van der Waals surface area contributed by atoms with Crippen LogP contribution in [0.4, 0.5) is 28.4 Å². The molecule has 0 aliphatic heterocycles. The fourth-order valence-corrected chi connectivity index (χ4v) is 16.8. The third kappa shape index (κ3) is 32.9. The van der Waals surface area contributed by atoms with Gasteiger partial charge in [-0.2, -0.15) is 0 Å². The zero-order chi connectivity index (χ0) is 100. The van der Waals surface area contributed by atoms with Gasteiger partial charge >= 0.3 is 0 Å². The van der Waals surface area contributed by atoms with Gasteiger partial charge in [0.05, 0.1) is 0 Å². The molecule has 11 heteroatoms. The summed E-state index contributed by atoms with van der Waals surface area (Å²) in [6.07, 6.45) is 2.79. The standard InChI is InChI=1S/C22H29NO.2C21H27NO.C21H24O.2C20H25NO/c1-6-23(7-2)20-13-11-18(12-14-20)22(24)15-19-9-8-10-21(16(3)4)17(19)5;1-6-22(5)19-12-10-17(11-13-19)21(23)14-18-8-7-9-20(15(2)3)16(18)4;1-5-22(6-2)20-12-10-18(11-13-20)21(23)15-17-8-7-9-19(14-17)16(3)4;1-14(2)17-9-11-18(12-10-17)21(22)13-19-7-6-8-20(15(3)4)16(19)5;1-14(2)19-8-6-7-17(15(19)3)13-20(22)16-9-11-18(12-10-16)21(4)5;1-5-21(4)19-11-9-17(10-12-19)20(22)14-16-7-6-8-18(13-16)15(2)3/h8-14,16H,6-7,15H2,1-5H3;7-13,15H,6,14H2,1-5H3;7-14,16H,5-6,15H2,1-4H3;6-12,15H,1,13H2,2-5H3;6-12,14H,13H2,1-5H3;6-13,15H,5,14H2,1-4H3. The highest BCUT2D eigenvalue weighted by atomic mass is 16.1. The Bertz CT molecular complexity index is 5830. The van der Waals surface area contributed by atoms with E-state index in [1.807, 2.05) is 191 Å². The Labute approximate surface area is 819 Å². The van der Waals surface area contributed by atoms with Crippen LogP contribution in [0.3, 0.4) is 0 Å².